The molecule has 1 saturated heterocycles. The zero-order valence-electron chi connectivity index (χ0n) is 17.4. The van der Waals surface area contributed by atoms with Crippen LogP contribution in [0.2, 0.25) is 0 Å². The van der Waals surface area contributed by atoms with Crippen LogP contribution in [0, 0.1) is 6.92 Å². The number of hydrogen-bond acceptors (Lipinski definition) is 7. The van der Waals surface area contributed by atoms with E-state index in [-0.39, 0.29) is 33.3 Å². The molecule has 2 aromatic rings. The van der Waals surface area contributed by atoms with E-state index in [0.717, 1.165) is 36.6 Å². The van der Waals surface area contributed by atoms with Crippen molar-refractivity contribution in [2.24, 2.45) is 0 Å². The molecule has 3 heterocycles. The molecule has 0 saturated carbocycles. The first kappa shape index (κ1) is 23.0. The molecular weight excluding hydrogens is 436 g/mol. The Hall–Kier alpha value is -2.72. The van der Waals surface area contributed by atoms with E-state index >= 15 is 0 Å². The number of pyridine rings is 1. The molecule has 164 valence electrons. The SMILES string of the molecule is CCCCCNc1nc2ccc(C)cn2c(=O)c1C=C1SC(=S)N(CCC(=O)O)C1=O. The number of amides is 1. The van der Waals surface area contributed by atoms with Gasteiger partial charge in [0.15, 0.2) is 0 Å². The van der Waals surface area contributed by atoms with Gasteiger partial charge in [-0.2, -0.15) is 0 Å². The molecular formula is C21H24N4O4S2. The molecule has 0 aromatic carbocycles. The maximum absolute atomic E-state index is 13.3. The first-order chi connectivity index (χ1) is 14.8. The van der Waals surface area contributed by atoms with Crippen LogP contribution in [0.3, 0.4) is 0 Å². The van der Waals surface area contributed by atoms with E-state index in [0.29, 0.717) is 18.0 Å². The van der Waals surface area contributed by atoms with Gasteiger partial charge in [-0.15, -0.1) is 0 Å². The summed E-state index contributed by atoms with van der Waals surface area (Å²) in [5.41, 5.74) is 1.41. The standard InChI is InChI=1S/C21H24N4O4S2/c1-3-4-5-9-22-18-14(19(28)25-12-13(2)6-7-16(25)23-18)11-15-20(29)24(21(30)31-15)10-8-17(26)27/h6-7,11-12,22H,3-5,8-10H2,1-2H3,(H,26,27). The molecule has 1 fully saturated rings. The van der Waals surface area contributed by atoms with Crippen molar-refractivity contribution in [3.8, 4) is 0 Å². The number of anilines is 1. The number of aliphatic carboxylic acids is 1. The largest absolute Gasteiger partial charge is 0.481 e. The normalized spacial score (nSPS) is 15.3. The monoisotopic (exact) mass is 460 g/mol. The first-order valence-corrected chi connectivity index (χ1v) is 11.3. The summed E-state index contributed by atoms with van der Waals surface area (Å²) >= 11 is 6.30. The number of hydrogen-bond donors (Lipinski definition) is 2. The average molecular weight is 461 g/mol. The molecule has 0 atom stereocenters. The Kier molecular flexibility index (Phi) is 7.45. The third-order valence-electron chi connectivity index (χ3n) is 4.78. The summed E-state index contributed by atoms with van der Waals surface area (Å²) in [5.74, 6) is -0.994. The number of aryl methyl sites for hydroxylation is 1. The molecule has 0 radical (unpaired) electrons. The molecule has 2 N–H and O–H groups in total. The van der Waals surface area contributed by atoms with Crippen molar-refractivity contribution in [3.05, 3.63) is 44.7 Å². The number of unbranched alkanes of at least 4 members (excludes halogenated alkanes) is 2. The summed E-state index contributed by atoms with van der Waals surface area (Å²) in [6, 6.07) is 3.67. The lowest BCUT2D eigenvalue weighted by Gasteiger charge is -2.13. The maximum atomic E-state index is 13.3. The van der Waals surface area contributed by atoms with Gasteiger partial charge in [0.2, 0.25) is 0 Å². The van der Waals surface area contributed by atoms with Crippen LogP contribution >= 0.6 is 24.0 Å². The van der Waals surface area contributed by atoms with Crippen molar-refractivity contribution in [1.29, 1.82) is 0 Å². The Labute approximate surface area is 189 Å². The highest BCUT2D eigenvalue weighted by atomic mass is 32.2. The summed E-state index contributed by atoms with van der Waals surface area (Å²) in [6.07, 6.45) is 6.07. The smallest absolute Gasteiger partial charge is 0.305 e. The van der Waals surface area contributed by atoms with E-state index in [1.165, 1.54) is 15.4 Å². The molecule has 3 rings (SSSR count). The molecule has 0 aliphatic carbocycles. The topological polar surface area (TPSA) is 104 Å². The highest BCUT2D eigenvalue weighted by molar-refractivity contribution is 8.26. The number of thiocarbonyl (C=S) groups is 1. The Balaban J connectivity index is 2.01. The summed E-state index contributed by atoms with van der Waals surface area (Å²) in [5, 5.41) is 12.1. The van der Waals surface area contributed by atoms with Gasteiger partial charge in [-0.05, 0) is 31.1 Å². The van der Waals surface area contributed by atoms with Crippen LogP contribution < -0.4 is 10.9 Å². The number of carbonyl (C=O) groups is 2. The summed E-state index contributed by atoms with van der Waals surface area (Å²) in [4.78, 5) is 43.0. The van der Waals surface area contributed by atoms with Gasteiger partial charge in [0.1, 0.15) is 15.8 Å². The predicted molar refractivity (Wildman–Crippen MR) is 126 cm³/mol. The molecule has 1 aliphatic heterocycles. The molecule has 1 amide bonds. The number of carboxylic acid groups (broad SMARTS) is 1. The van der Waals surface area contributed by atoms with Crippen LogP contribution in [-0.2, 0) is 9.59 Å². The third-order valence-corrected chi connectivity index (χ3v) is 6.15. The van der Waals surface area contributed by atoms with Crippen LogP contribution in [0.4, 0.5) is 5.82 Å². The molecule has 2 aromatic heterocycles. The number of fused-ring (bicyclic) bond motifs is 1. The van der Waals surface area contributed by atoms with Gasteiger partial charge in [-0.25, -0.2) is 4.98 Å². The number of aromatic nitrogens is 2. The van der Waals surface area contributed by atoms with Crippen molar-refractivity contribution in [3.63, 3.8) is 0 Å². The zero-order chi connectivity index (χ0) is 22.5. The minimum atomic E-state index is -1.01. The van der Waals surface area contributed by atoms with E-state index in [2.05, 4.69) is 17.2 Å². The van der Waals surface area contributed by atoms with Gasteiger partial charge < -0.3 is 10.4 Å². The Morgan fingerprint density at radius 2 is 2.10 bits per heavy atom. The first-order valence-electron chi connectivity index (χ1n) is 10.1. The molecule has 8 nitrogen and oxygen atoms in total. The van der Waals surface area contributed by atoms with E-state index in [1.54, 1.807) is 12.3 Å². The van der Waals surface area contributed by atoms with Crippen LogP contribution in [0.1, 0.15) is 43.7 Å². The van der Waals surface area contributed by atoms with Crippen molar-refractivity contribution in [2.75, 3.05) is 18.4 Å². The molecule has 10 heteroatoms. The quantitative estimate of drug-likeness (QED) is 0.334. The number of nitrogens with one attached hydrogen (secondary N) is 1. The second-order valence-electron chi connectivity index (χ2n) is 7.22. The number of nitrogens with zero attached hydrogens (tertiary/aromatic N) is 3. The highest BCUT2D eigenvalue weighted by Crippen LogP contribution is 2.33. The Bertz CT molecular complexity index is 1130. The number of rotatable bonds is 9. The van der Waals surface area contributed by atoms with Crippen LogP contribution in [-0.4, -0.2) is 48.7 Å². The van der Waals surface area contributed by atoms with Gasteiger partial charge in [0.25, 0.3) is 11.5 Å². The fourth-order valence-electron chi connectivity index (χ4n) is 3.14. The molecule has 0 spiro atoms. The zero-order valence-corrected chi connectivity index (χ0v) is 19.0. The number of thioether (sulfide) groups is 1. The van der Waals surface area contributed by atoms with Crippen molar-refractivity contribution < 1.29 is 14.7 Å². The average Bonchev–Trinajstić information content (AvgIpc) is 2.99. The van der Waals surface area contributed by atoms with E-state index in [1.807, 2.05) is 13.0 Å². The summed E-state index contributed by atoms with van der Waals surface area (Å²) in [6.45, 7) is 4.65. The number of carboxylic acids is 1. The second-order valence-corrected chi connectivity index (χ2v) is 8.90. The molecule has 0 bridgehead atoms. The van der Waals surface area contributed by atoms with E-state index < -0.39 is 11.9 Å². The summed E-state index contributed by atoms with van der Waals surface area (Å²) in [7, 11) is 0. The van der Waals surface area contributed by atoms with Gasteiger partial charge >= 0.3 is 5.97 Å². The predicted octanol–water partition coefficient (Wildman–Crippen LogP) is 3.28. The third kappa shape index (κ3) is 5.31. The van der Waals surface area contributed by atoms with Crippen molar-refractivity contribution in [2.45, 2.75) is 39.5 Å². The molecule has 0 unspecified atom stereocenters. The van der Waals surface area contributed by atoms with Crippen LogP contribution in [0.25, 0.3) is 11.7 Å². The second kappa shape index (κ2) is 10.1. The lowest BCUT2D eigenvalue weighted by atomic mass is 10.2. The van der Waals surface area contributed by atoms with Crippen molar-refractivity contribution >= 4 is 57.7 Å². The fourth-order valence-corrected chi connectivity index (χ4v) is 4.43. The lowest BCUT2D eigenvalue weighted by molar-refractivity contribution is -0.137. The minimum Gasteiger partial charge on any atom is -0.481 e. The lowest BCUT2D eigenvalue weighted by Crippen LogP contribution is -2.30. The Morgan fingerprint density at radius 1 is 1.32 bits per heavy atom. The molecule has 1 aliphatic rings. The van der Waals surface area contributed by atoms with Crippen LogP contribution in [0.5, 0.6) is 0 Å². The highest BCUT2D eigenvalue weighted by Gasteiger charge is 2.32. The minimum absolute atomic E-state index is 0.00634. The fraction of sp³-hybridized carbons (Fsp3) is 0.381. The number of carbonyl (C=O) groups excluding carboxylic acids is 1. The van der Waals surface area contributed by atoms with E-state index in [9.17, 15) is 14.4 Å². The summed E-state index contributed by atoms with van der Waals surface area (Å²) < 4.78 is 1.74. The van der Waals surface area contributed by atoms with Gasteiger partial charge in [0.05, 0.1) is 16.9 Å². The Morgan fingerprint density at radius 3 is 2.81 bits per heavy atom. The molecule has 31 heavy (non-hydrogen) atoms. The van der Waals surface area contributed by atoms with Gasteiger partial charge in [-0.1, -0.05) is 49.8 Å². The van der Waals surface area contributed by atoms with Crippen molar-refractivity contribution in [1.82, 2.24) is 14.3 Å². The van der Waals surface area contributed by atoms with Gasteiger partial charge in [0, 0.05) is 19.3 Å². The van der Waals surface area contributed by atoms with Crippen LogP contribution in [0.15, 0.2) is 28.0 Å². The van der Waals surface area contributed by atoms with E-state index in [4.69, 9.17) is 17.3 Å². The van der Waals surface area contributed by atoms with Gasteiger partial charge in [-0.3, -0.25) is 23.7 Å². The maximum Gasteiger partial charge on any atom is 0.305 e.